The highest BCUT2D eigenvalue weighted by atomic mass is 35.5. The van der Waals surface area contributed by atoms with Crippen LogP contribution >= 0.6 is 11.6 Å². The Balaban J connectivity index is 1.47. The second kappa shape index (κ2) is 15.1. The molecule has 4 rings (SSSR count). The highest BCUT2D eigenvalue weighted by Gasteiger charge is 2.31. The van der Waals surface area contributed by atoms with Gasteiger partial charge >= 0.3 is 0 Å². The van der Waals surface area contributed by atoms with Crippen molar-refractivity contribution in [1.29, 1.82) is 5.26 Å². The Kier molecular flexibility index (Phi) is 11.3. The number of ether oxygens (including phenoxy) is 2. The number of hydrogen-bond acceptors (Lipinski definition) is 10. The van der Waals surface area contributed by atoms with E-state index in [1.165, 1.54) is 0 Å². The molecule has 12 heteroatoms. The number of nitrogens with zero attached hydrogens (tertiary/aromatic N) is 3. The van der Waals surface area contributed by atoms with E-state index < -0.39 is 0 Å². The molecule has 41 heavy (non-hydrogen) atoms. The van der Waals surface area contributed by atoms with Crippen LogP contribution in [0.1, 0.15) is 37.8 Å². The first-order chi connectivity index (χ1) is 19.9. The molecular formula is C29H41ClN8O3. The van der Waals surface area contributed by atoms with Crippen LogP contribution < -0.4 is 36.2 Å². The Morgan fingerprint density at radius 2 is 2.07 bits per heavy atom. The molecule has 0 bridgehead atoms. The van der Waals surface area contributed by atoms with Gasteiger partial charge in [-0.25, -0.2) is 10.4 Å². The largest absolute Gasteiger partial charge is 0.492 e. The molecule has 11 nitrogen and oxygen atoms in total. The standard InChI is InChI=1S/C29H41ClN8O3/c1-4-40-27-15-24-22(14-25(27)36-28(39)7-5-10-37(2)3)29(20(16-31)17-33-24)35-21-8-9-26(23(30)13-21)41-12-6-11-38-19-32-18-34-38/h8-9,13-15,20,29,32-35H,4-7,10-12,17-19H2,1-3H3,(H,36,39). The van der Waals surface area contributed by atoms with Crippen LogP contribution in [0.15, 0.2) is 30.3 Å². The lowest BCUT2D eigenvalue weighted by molar-refractivity contribution is -0.116. The van der Waals surface area contributed by atoms with E-state index in [1.807, 2.05) is 51.4 Å². The van der Waals surface area contributed by atoms with Gasteiger partial charge in [0.05, 0.1) is 55.3 Å². The lowest BCUT2D eigenvalue weighted by atomic mass is 9.88. The number of carbonyl (C=O) groups excluding carboxylic acids is 1. The number of carbonyl (C=O) groups is 1. The topological polar surface area (TPSA) is 126 Å². The fourth-order valence-electron chi connectivity index (χ4n) is 4.90. The van der Waals surface area contributed by atoms with Crippen LogP contribution in [0.5, 0.6) is 11.5 Å². The molecule has 0 spiro atoms. The van der Waals surface area contributed by atoms with Crippen molar-refractivity contribution in [3.63, 3.8) is 0 Å². The fraction of sp³-hybridized carbons (Fsp3) is 0.517. The number of halogens is 1. The summed E-state index contributed by atoms with van der Waals surface area (Å²) in [5, 5.41) is 25.7. The molecule has 2 atom stereocenters. The Bertz CT molecular complexity index is 1220. The Labute approximate surface area is 247 Å². The zero-order chi connectivity index (χ0) is 29.2. The van der Waals surface area contributed by atoms with E-state index in [0.717, 1.165) is 56.2 Å². The number of amides is 1. The van der Waals surface area contributed by atoms with Crippen molar-refractivity contribution >= 4 is 34.6 Å². The number of hydrazine groups is 1. The fourth-order valence-corrected chi connectivity index (χ4v) is 5.13. The number of benzene rings is 2. The first kappa shape index (κ1) is 30.7. The van der Waals surface area contributed by atoms with Crippen LogP contribution in [0, 0.1) is 17.2 Å². The molecule has 1 amide bonds. The van der Waals surface area contributed by atoms with E-state index in [4.69, 9.17) is 21.1 Å². The van der Waals surface area contributed by atoms with Gasteiger partial charge in [-0.3, -0.25) is 10.1 Å². The van der Waals surface area contributed by atoms with Gasteiger partial charge in [0.15, 0.2) is 0 Å². The van der Waals surface area contributed by atoms with Crippen LogP contribution in [0.2, 0.25) is 5.02 Å². The van der Waals surface area contributed by atoms with E-state index in [2.05, 4.69) is 42.7 Å². The predicted octanol–water partition coefficient (Wildman–Crippen LogP) is 3.83. The third-order valence-electron chi connectivity index (χ3n) is 6.96. The molecule has 0 aromatic heterocycles. The molecule has 2 aliphatic heterocycles. The molecule has 2 aromatic rings. The average Bonchev–Trinajstić information content (AvgIpc) is 3.46. The SMILES string of the molecule is CCOc1cc2c(cc1NC(=O)CCCN(C)C)C(Nc1ccc(OCCCN3CNCN3)c(Cl)c1)C(C#N)CN2. The average molecular weight is 585 g/mol. The van der Waals surface area contributed by atoms with Crippen LogP contribution in [-0.2, 0) is 4.79 Å². The summed E-state index contributed by atoms with van der Waals surface area (Å²) >= 11 is 6.58. The molecule has 0 saturated carbocycles. The second-order valence-corrected chi connectivity index (χ2v) is 10.8. The van der Waals surface area contributed by atoms with Gasteiger partial charge in [0.2, 0.25) is 5.91 Å². The molecular weight excluding hydrogens is 544 g/mol. The zero-order valence-corrected chi connectivity index (χ0v) is 24.8. The summed E-state index contributed by atoms with van der Waals surface area (Å²) in [4.78, 5) is 14.8. The van der Waals surface area contributed by atoms with Gasteiger partial charge in [0.1, 0.15) is 11.5 Å². The van der Waals surface area contributed by atoms with Crippen molar-refractivity contribution in [3.8, 4) is 17.6 Å². The minimum Gasteiger partial charge on any atom is -0.492 e. The highest BCUT2D eigenvalue weighted by Crippen LogP contribution is 2.42. The van der Waals surface area contributed by atoms with E-state index in [9.17, 15) is 10.1 Å². The lowest BCUT2D eigenvalue weighted by Crippen LogP contribution is -2.32. The third-order valence-corrected chi connectivity index (χ3v) is 7.26. The molecule has 2 aromatic carbocycles. The van der Waals surface area contributed by atoms with Crippen molar-refractivity contribution in [2.75, 3.05) is 76.2 Å². The van der Waals surface area contributed by atoms with Crippen LogP contribution in [-0.4, -0.2) is 76.1 Å². The molecule has 0 radical (unpaired) electrons. The summed E-state index contributed by atoms with van der Waals surface area (Å²) in [7, 11) is 3.97. The monoisotopic (exact) mass is 584 g/mol. The van der Waals surface area contributed by atoms with Gasteiger partial charge < -0.3 is 30.3 Å². The van der Waals surface area contributed by atoms with E-state index in [1.54, 1.807) is 0 Å². The number of rotatable bonds is 14. The molecule has 1 fully saturated rings. The Morgan fingerprint density at radius 1 is 1.22 bits per heavy atom. The molecule has 2 unspecified atom stereocenters. The zero-order valence-electron chi connectivity index (χ0n) is 24.1. The van der Waals surface area contributed by atoms with Crippen molar-refractivity contribution in [1.82, 2.24) is 20.7 Å². The summed E-state index contributed by atoms with van der Waals surface area (Å²) in [6.07, 6.45) is 2.02. The normalized spacial score (nSPS) is 18.3. The molecule has 2 aliphatic rings. The Morgan fingerprint density at radius 3 is 2.78 bits per heavy atom. The summed E-state index contributed by atoms with van der Waals surface area (Å²) in [5.74, 6) is 0.782. The highest BCUT2D eigenvalue weighted by molar-refractivity contribution is 6.32. The molecule has 5 N–H and O–H groups in total. The van der Waals surface area contributed by atoms with Crippen molar-refractivity contribution in [2.24, 2.45) is 5.92 Å². The van der Waals surface area contributed by atoms with Gasteiger partial charge in [-0.15, -0.1) is 0 Å². The van der Waals surface area contributed by atoms with E-state index in [-0.39, 0.29) is 17.9 Å². The third kappa shape index (κ3) is 8.61. The maximum Gasteiger partial charge on any atom is 0.224 e. The predicted molar refractivity (Wildman–Crippen MR) is 162 cm³/mol. The first-order valence-corrected chi connectivity index (χ1v) is 14.5. The minimum absolute atomic E-state index is 0.0754. The first-order valence-electron chi connectivity index (χ1n) is 14.1. The van der Waals surface area contributed by atoms with Crippen LogP contribution in [0.4, 0.5) is 17.1 Å². The quantitative estimate of drug-likeness (QED) is 0.209. The van der Waals surface area contributed by atoms with Gasteiger partial charge in [-0.05, 0) is 64.7 Å². The molecule has 2 heterocycles. The number of nitriles is 1. The molecule has 0 aliphatic carbocycles. The van der Waals surface area contributed by atoms with Crippen LogP contribution in [0.25, 0.3) is 0 Å². The molecule has 222 valence electrons. The van der Waals surface area contributed by atoms with Crippen molar-refractivity contribution in [3.05, 3.63) is 40.9 Å². The number of nitrogens with one attached hydrogen (secondary N) is 5. The summed E-state index contributed by atoms with van der Waals surface area (Å²) < 4.78 is 11.8. The van der Waals surface area contributed by atoms with Gasteiger partial charge in [-0.2, -0.15) is 5.26 Å². The van der Waals surface area contributed by atoms with Crippen LogP contribution in [0.3, 0.4) is 0 Å². The minimum atomic E-state index is -0.354. The lowest BCUT2D eigenvalue weighted by Gasteiger charge is -2.33. The van der Waals surface area contributed by atoms with E-state index >= 15 is 0 Å². The van der Waals surface area contributed by atoms with Gasteiger partial charge in [0.25, 0.3) is 0 Å². The van der Waals surface area contributed by atoms with Crippen molar-refractivity contribution in [2.45, 2.75) is 32.2 Å². The summed E-state index contributed by atoms with van der Waals surface area (Å²) in [6, 6.07) is 11.5. The smallest absolute Gasteiger partial charge is 0.224 e. The number of fused-ring (bicyclic) bond motifs is 1. The summed E-state index contributed by atoms with van der Waals surface area (Å²) in [6.45, 7) is 6.70. The van der Waals surface area contributed by atoms with E-state index in [0.29, 0.717) is 48.4 Å². The Hall–Kier alpha value is -3.27. The summed E-state index contributed by atoms with van der Waals surface area (Å²) in [5.41, 5.74) is 6.33. The number of anilines is 3. The molecule has 1 saturated heterocycles. The maximum atomic E-state index is 12.7. The van der Waals surface area contributed by atoms with Gasteiger partial charge in [-0.1, -0.05) is 11.6 Å². The number of hydrogen-bond donors (Lipinski definition) is 5. The van der Waals surface area contributed by atoms with Crippen molar-refractivity contribution < 1.29 is 14.3 Å². The second-order valence-electron chi connectivity index (χ2n) is 10.4. The van der Waals surface area contributed by atoms with Gasteiger partial charge in [0, 0.05) is 42.5 Å². The maximum absolute atomic E-state index is 12.7.